The number of rotatable bonds is 3. The van der Waals surface area contributed by atoms with Crippen molar-refractivity contribution in [2.75, 3.05) is 12.3 Å². The Morgan fingerprint density at radius 3 is 2.21 bits per heavy atom. The summed E-state index contributed by atoms with van der Waals surface area (Å²) in [6, 6.07) is 3.40. The molecule has 1 aromatic carbocycles. The molecule has 1 aromatic rings. The third-order valence-electron chi connectivity index (χ3n) is 1.84. The van der Waals surface area contributed by atoms with Gasteiger partial charge in [-0.3, -0.25) is 0 Å². The van der Waals surface area contributed by atoms with E-state index in [0.29, 0.717) is 11.4 Å². The number of hydrogen-bond acceptors (Lipinski definition) is 2. The highest BCUT2D eigenvalue weighted by molar-refractivity contribution is 5.52. The summed E-state index contributed by atoms with van der Waals surface area (Å²) in [4.78, 5) is 0. The van der Waals surface area contributed by atoms with Crippen LogP contribution >= 0.6 is 0 Å². The molecular weight excluding hydrogens is 188 g/mol. The Labute approximate surface area is 81.7 Å². The summed E-state index contributed by atoms with van der Waals surface area (Å²) in [7, 11) is 0. The van der Waals surface area contributed by atoms with E-state index in [4.69, 9.17) is 10.5 Å². The molecule has 0 saturated heterocycles. The minimum absolute atomic E-state index is 0.500. The maximum absolute atomic E-state index is 11.9. The molecule has 0 saturated carbocycles. The fourth-order valence-corrected chi connectivity index (χ4v) is 1.36. The number of nitrogens with two attached hydrogens (primary N) is 1. The highest BCUT2D eigenvalue weighted by Gasteiger charge is 2.08. The number of aryl methyl sites for hydroxylation is 2. The lowest BCUT2D eigenvalue weighted by Crippen LogP contribution is -2.09. The van der Waals surface area contributed by atoms with E-state index >= 15 is 0 Å². The van der Waals surface area contributed by atoms with Gasteiger partial charge in [-0.05, 0) is 37.1 Å². The molecule has 0 radical (unpaired) electrons. The first-order valence-corrected chi connectivity index (χ1v) is 4.28. The topological polar surface area (TPSA) is 35.2 Å². The summed E-state index contributed by atoms with van der Waals surface area (Å²) in [5.74, 6) is 0.500. The minimum Gasteiger partial charge on any atom is -0.487 e. The Hall–Kier alpha value is -1.32. The van der Waals surface area contributed by atoms with Gasteiger partial charge in [0.25, 0.3) is 6.43 Å². The molecule has 78 valence electrons. The summed E-state index contributed by atoms with van der Waals surface area (Å²) in [6.45, 7) is 2.99. The van der Waals surface area contributed by atoms with Gasteiger partial charge in [-0.2, -0.15) is 0 Å². The number of benzene rings is 1. The predicted molar refractivity (Wildman–Crippen MR) is 51.8 cm³/mol. The van der Waals surface area contributed by atoms with Crippen LogP contribution < -0.4 is 10.5 Å². The maximum atomic E-state index is 11.9. The molecule has 1 rings (SSSR count). The predicted octanol–water partition coefficient (Wildman–Crippen LogP) is 2.53. The highest BCUT2D eigenvalue weighted by atomic mass is 19.3. The molecule has 0 aromatic heterocycles. The van der Waals surface area contributed by atoms with Crippen molar-refractivity contribution in [2.45, 2.75) is 20.3 Å². The Bertz CT molecular complexity index is 303. The van der Waals surface area contributed by atoms with Crippen LogP contribution in [0.25, 0.3) is 0 Å². The number of hydrogen-bond donors (Lipinski definition) is 1. The lowest BCUT2D eigenvalue weighted by molar-refractivity contribution is 0.0812. The Morgan fingerprint density at radius 2 is 1.79 bits per heavy atom. The first-order chi connectivity index (χ1) is 6.50. The van der Waals surface area contributed by atoms with Crippen molar-refractivity contribution in [1.82, 2.24) is 0 Å². The zero-order valence-corrected chi connectivity index (χ0v) is 8.18. The molecule has 0 amide bonds. The van der Waals surface area contributed by atoms with Crippen molar-refractivity contribution in [3.8, 4) is 5.75 Å². The van der Waals surface area contributed by atoms with Gasteiger partial charge in [0.1, 0.15) is 12.4 Å². The average molecular weight is 201 g/mol. The molecule has 0 atom stereocenters. The third-order valence-corrected chi connectivity index (χ3v) is 1.84. The molecule has 0 spiro atoms. The van der Waals surface area contributed by atoms with Gasteiger partial charge < -0.3 is 10.5 Å². The van der Waals surface area contributed by atoms with Crippen LogP contribution in [-0.2, 0) is 0 Å². The van der Waals surface area contributed by atoms with Crippen LogP contribution in [0.3, 0.4) is 0 Å². The number of nitrogen functional groups attached to an aromatic ring is 1. The van der Waals surface area contributed by atoms with Crippen LogP contribution in [-0.4, -0.2) is 13.0 Å². The van der Waals surface area contributed by atoms with Gasteiger partial charge in [-0.25, -0.2) is 8.78 Å². The van der Waals surface area contributed by atoms with Gasteiger partial charge in [0.15, 0.2) is 0 Å². The first-order valence-electron chi connectivity index (χ1n) is 4.28. The summed E-state index contributed by atoms with van der Waals surface area (Å²) >= 11 is 0. The zero-order chi connectivity index (χ0) is 10.7. The summed E-state index contributed by atoms with van der Waals surface area (Å²) in [5.41, 5.74) is 7.76. The lowest BCUT2D eigenvalue weighted by atomic mass is 10.1. The second kappa shape index (κ2) is 4.26. The van der Waals surface area contributed by atoms with Crippen LogP contribution in [0, 0.1) is 13.8 Å². The number of halogens is 2. The second-order valence-electron chi connectivity index (χ2n) is 3.19. The lowest BCUT2D eigenvalue weighted by Gasteiger charge is -2.12. The Morgan fingerprint density at radius 1 is 1.29 bits per heavy atom. The second-order valence-corrected chi connectivity index (χ2v) is 3.19. The fourth-order valence-electron chi connectivity index (χ4n) is 1.36. The summed E-state index contributed by atoms with van der Waals surface area (Å²) in [6.07, 6.45) is -2.45. The van der Waals surface area contributed by atoms with Gasteiger partial charge in [0.05, 0.1) is 0 Å². The van der Waals surface area contributed by atoms with E-state index in [0.717, 1.165) is 11.1 Å². The molecule has 0 fully saturated rings. The van der Waals surface area contributed by atoms with Crippen LogP contribution in [0.4, 0.5) is 14.5 Å². The molecule has 0 aliphatic heterocycles. The molecular formula is C10H13F2NO. The SMILES string of the molecule is Cc1cc(N)cc(C)c1OCC(F)F. The molecule has 14 heavy (non-hydrogen) atoms. The van der Waals surface area contributed by atoms with Gasteiger partial charge in [-0.15, -0.1) is 0 Å². The molecule has 0 aliphatic carbocycles. The number of ether oxygens (including phenoxy) is 1. The van der Waals surface area contributed by atoms with Crippen molar-refractivity contribution in [3.05, 3.63) is 23.3 Å². The van der Waals surface area contributed by atoms with Crippen molar-refractivity contribution < 1.29 is 13.5 Å². The normalized spacial score (nSPS) is 10.6. The van der Waals surface area contributed by atoms with Crippen molar-refractivity contribution in [2.24, 2.45) is 0 Å². The van der Waals surface area contributed by atoms with E-state index in [1.165, 1.54) is 0 Å². The molecule has 0 bridgehead atoms. The zero-order valence-electron chi connectivity index (χ0n) is 8.18. The molecule has 0 aliphatic rings. The van der Waals surface area contributed by atoms with Crippen molar-refractivity contribution in [1.29, 1.82) is 0 Å². The first kappa shape index (κ1) is 10.8. The standard InChI is InChI=1S/C10H13F2NO/c1-6-3-8(13)4-7(2)10(6)14-5-9(11)12/h3-4,9H,5,13H2,1-2H3. The minimum atomic E-state index is -2.45. The molecule has 0 heterocycles. The van der Waals surface area contributed by atoms with E-state index in [1.54, 1.807) is 26.0 Å². The number of anilines is 1. The average Bonchev–Trinajstić information content (AvgIpc) is 2.01. The molecule has 2 N–H and O–H groups in total. The molecule has 0 unspecified atom stereocenters. The van der Waals surface area contributed by atoms with Crippen molar-refractivity contribution >= 4 is 5.69 Å². The van der Waals surface area contributed by atoms with Crippen LogP contribution in [0.15, 0.2) is 12.1 Å². The smallest absolute Gasteiger partial charge is 0.272 e. The fraction of sp³-hybridized carbons (Fsp3) is 0.400. The third kappa shape index (κ3) is 2.58. The van der Waals surface area contributed by atoms with E-state index in [2.05, 4.69) is 0 Å². The van der Waals surface area contributed by atoms with E-state index < -0.39 is 13.0 Å². The monoisotopic (exact) mass is 201 g/mol. The van der Waals surface area contributed by atoms with Gasteiger partial charge in [0.2, 0.25) is 0 Å². The van der Waals surface area contributed by atoms with Gasteiger partial charge in [0, 0.05) is 5.69 Å². The van der Waals surface area contributed by atoms with Gasteiger partial charge in [-0.1, -0.05) is 0 Å². The maximum Gasteiger partial charge on any atom is 0.272 e. The largest absolute Gasteiger partial charge is 0.487 e. The highest BCUT2D eigenvalue weighted by Crippen LogP contribution is 2.26. The van der Waals surface area contributed by atoms with E-state index in [-0.39, 0.29) is 0 Å². The van der Waals surface area contributed by atoms with Crippen LogP contribution in [0.2, 0.25) is 0 Å². The molecule has 4 heteroatoms. The van der Waals surface area contributed by atoms with Crippen LogP contribution in [0.1, 0.15) is 11.1 Å². The summed E-state index contributed by atoms with van der Waals surface area (Å²) in [5, 5.41) is 0. The Balaban J connectivity index is 2.86. The van der Waals surface area contributed by atoms with Crippen molar-refractivity contribution in [3.63, 3.8) is 0 Å². The van der Waals surface area contributed by atoms with Crippen LogP contribution in [0.5, 0.6) is 5.75 Å². The summed E-state index contributed by atoms with van der Waals surface area (Å²) < 4.78 is 28.8. The quantitative estimate of drug-likeness (QED) is 0.762. The Kier molecular flexibility index (Phi) is 3.28. The van der Waals surface area contributed by atoms with E-state index in [1.807, 2.05) is 0 Å². The van der Waals surface area contributed by atoms with Gasteiger partial charge >= 0.3 is 0 Å². The molecule has 2 nitrogen and oxygen atoms in total. The van der Waals surface area contributed by atoms with E-state index in [9.17, 15) is 8.78 Å². The number of alkyl halides is 2.